The number of rotatable bonds is 7. The highest BCUT2D eigenvalue weighted by Gasteiger charge is 2.10. The van der Waals surface area contributed by atoms with Gasteiger partial charge >= 0.3 is 0 Å². The van der Waals surface area contributed by atoms with Gasteiger partial charge in [0, 0.05) is 15.6 Å². The summed E-state index contributed by atoms with van der Waals surface area (Å²) in [6, 6.07) is 15.7. The van der Waals surface area contributed by atoms with E-state index in [4.69, 9.17) is 44.3 Å². The SMILES string of the molecule is COc1cc(/C=N\NC(=O)c2ccc(C)cc2Cl)ccc1OCc1ccc(Cl)cc1Cl. The van der Waals surface area contributed by atoms with Crippen molar-refractivity contribution in [2.24, 2.45) is 5.10 Å². The summed E-state index contributed by atoms with van der Waals surface area (Å²) in [7, 11) is 1.54. The number of carbonyl (C=O) groups excluding carboxylic acids is 1. The van der Waals surface area contributed by atoms with E-state index < -0.39 is 5.91 Å². The lowest BCUT2D eigenvalue weighted by molar-refractivity contribution is 0.0955. The first-order valence-corrected chi connectivity index (χ1v) is 10.3. The molecule has 0 unspecified atom stereocenters. The van der Waals surface area contributed by atoms with Crippen molar-refractivity contribution in [3.05, 3.63) is 91.9 Å². The summed E-state index contributed by atoms with van der Waals surface area (Å²) in [6.07, 6.45) is 1.50. The molecule has 0 spiro atoms. The largest absolute Gasteiger partial charge is 0.493 e. The third-order valence-corrected chi connectivity index (χ3v) is 5.23. The molecule has 0 radical (unpaired) electrons. The van der Waals surface area contributed by atoms with Crippen molar-refractivity contribution < 1.29 is 14.3 Å². The predicted molar refractivity (Wildman–Crippen MR) is 125 cm³/mol. The van der Waals surface area contributed by atoms with Gasteiger partial charge in [-0.1, -0.05) is 46.9 Å². The number of halogens is 3. The standard InChI is InChI=1S/C23H19Cl3N2O3/c1-14-3-7-18(20(26)9-14)23(29)28-27-12-15-4-8-21(22(10-15)30-2)31-13-16-5-6-17(24)11-19(16)25/h3-12H,13H2,1-2H3,(H,28,29)/b27-12-. The van der Waals surface area contributed by atoms with Gasteiger partial charge in [-0.25, -0.2) is 5.43 Å². The average Bonchev–Trinajstić information content (AvgIpc) is 2.73. The molecule has 0 atom stereocenters. The summed E-state index contributed by atoms with van der Waals surface area (Å²) in [5.74, 6) is 0.663. The van der Waals surface area contributed by atoms with Gasteiger partial charge in [0.25, 0.3) is 5.91 Å². The van der Waals surface area contributed by atoms with Crippen molar-refractivity contribution in [1.29, 1.82) is 0 Å². The summed E-state index contributed by atoms with van der Waals surface area (Å²) in [5, 5.41) is 5.45. The molecule has 0 fully saturated rings. The minimum absolute atomic E-state index is 0.257. The van der Waals surface area contributed by atoms with Crippen molar-refractivity contribution in [3.63, 3.8) is 0 Å². The van der Waals surface area contributed by atoms with Crippen molar-refractivity contribution in [2.75, 3.05) is 7.11 Å². The number of aryl methyl sites for hydroxylation is 1. The highest BCUT2D eigenvalue weighted by molar-refractivity contribution is 6.35. The van der Waals surface area contributed by atoms with E-state index in [2.05, 4.69) is 10.5 Å². The predicted octanol–water partition coefficient (Wildman–Crippen LogP) is 6.31. The first-order chi connectivity index (χ1) is 14.9. The molecule has 0 saturated carbocycles. The molecule has 0 bridgehead atoms. The van der Waals surface area contributed by atoms with Gasteiger partial charge < -0.3 is 9.47 Å². The Hall–Kier alpha value is -2.73. The number of ether oxygens (including phenoxy) is 2. The molecule has 3 aromatic carbocycles. The minimum atomic E-state index is -0.395. The number of amides is 1. The quantitative estimate of drug-likeness (QED) is 0.320. The molecular formula is C23H19Cl3N2O3. The molecule has 3 rings (SSSR count). The maximum atomic E-state index is 12.2. The molecule has 0 heterocycles. The summed E-state index contributed by atoms with van der Waals surface area (Å²) < 4.78 is 11.2. The van der Waals surface area contributed by atoms with Crippen molar-refractivity contribution in [3.8, 4) is 11.5 Å². The summed E-state index contributed by atoms with van der Waals surface area (Å²) in [4.78, 5) is 12.2. The lowest BCUT2D eigenvalue weighted by Crippen LogP contribution is -2.18. The summed E-state index contributed by atoms with van der Waals surface area (Å²) in [5.41, 5.74) is 5.30. The van der Waals surface area contributed by atoms with E-state index in [1.165, 1.54) is 6.21 Å². The summed E-state index contributed by atoms with van der Waals surface area (Å²) >= 11 is 18.2. The van der Waals surface area contributed by atoms with Gasteiger partial charge in [-0.2, -0.15) is 5.10 Å². The number of nitrogens with one attached hydrogen (secondary N) is 1. The Morgan fingerprint density at radius 1 is 1.00 bits per heavy atom. The Balaban J connectivity index is 1.65. The Morgan fingerprint density at radius 3 is 2.52 bits per heavy atom. The Kier molecular flexibility index (Phi) is 7.80. The molecule has 0 saturated heterocycles. The first-order valence-electron chi connectivity index (χ1n) is 9.21. The second kappa shape index (κ2) is 10.5. The lowest BCUT2D eigenvalue weighted by atomic mass is 10.1. The molecule has 0 aliphatic carbocycles. The Bertz CT molecular complexity index is 1130. The van der Waals surface area contributed by atoms with E-state index in [1.807, 2.05) is 13.0 Å². The van der Waals surface area contributed by atoms with Crippen LogP contribution in [0.25, 0.3) is 0 Å². The zero-order valence-electron chi connectivity index (χ0n) is 16.8. The zero-order chi connectivity index (χ0) is 22.4. The fraction of sp³-hybridized carbons (Fsp3) is 0.130. The van der Waals surface area contributed by atoms with Crippen LogP contribution in [0, 0.1) is 6.92 Å². The van der Waals surface area contributed by atoms with Crippen LogP contribution in [0.3, 0.4) is 0 Å². The third kappa shape index (κ3) is 6.14. The van der Waals surface area contributed by atoms with E-state index >= 15 is 0 Å². The highest BCUT2D eigenvalue weighted by Crippen LogP contribution is 2.30. The molecule has 160 valence electrons. The van der Waals surface area contributed by atoms with E-state index in [-0.39, 0.29) is 6.61 Å². The van der Waals surface area contributed by atoms with E-state index in [1.54, 1.807) is 55.6 Å². The molecule has 1 N–H and O–H groups in total. The van der Waals surface area contributed by atoms with E-state index in [0.29, 0.717) is 37.7 Å². The number of benzene rings is 3. The van der Waals surface area contributed by atoms with Crippen LogP contribution in [-0.4, -0.2) is 19.2 Å². The maximum absolute atomic E-state index is 12.2. The normalized spacial score (nSPS) is 10.9. The lowest BCUT2D eigenvalue weighted by Gasteiger charge is -2.12. The van der Waals surface area contributed by atoms with Gasteiger partial charge in [0.2, 0.25) is 0 Å². The number of hydrogen-bond acceptors (Lipinski definition) is 4. The highest BCUT2D eigenvalue weighted by atomic mass is 35.5. The average molecular weight is 478 g/mol. The molecule has 0 aliphatic heterocycles. The van der Waals surface area contributed by atoms with Crippen molar-refractivity contribution in [1.82, 2.24) is 5.43 Å². The van der Waals surface area contributed by atoms with Crippen LogP contribution in [0.1, 0.15) is 27.0 Å². The zero-order valence-corrected chi connectivity index (χ0v) is 19.1. The molecule has 0 aliphatic rings. The fourth-order valence-electron chi connectivity index (χ4n) is 2.71. The third-order valence-electron chi connectivity index (χ3n) is 4.33. The number of hydrazone groups is 1. The number of carbonyl (C=O) groups is 1. The van der Waals surface area contributed by atoms with Crippen LogP contribution >= 0.6 is 34.8 Å². The van der Waals surface area contributed by atoms with Gasteiger partial charge in [0.05, 0.1) is 23.9 Å². The van der Waals surface area contributed by atoms with Crippen LogP contribution in [0.5, 0.6) is 11.5 Å². The molecule has 1 amide bonds. The van der Waals surface area contributed by atoms with E-state index in [0.717, 1.165) is 11.1 Å². The van der Waals surface area contributed by atoms with Crippen LogP contribution < -0.4 is 14.9 Å². The van der Waals surface area contributed by atoms with E-state index in [9.17, 15) is 4.79 Å². The Morgan fingerprint density at radius 2 is 1.81 bits per heavy atom. The fourth-order valence-corrected chi connectivity index (χ4v) is 3.49. The van der Waals surface area contributed by atoms with Crippen LogP contribution in [0.15, 0.2) is 59.7 Å². The molecule has 8 heteroatoms. The maximum Gasteiger partial charge on any atom is 0.272 e. The topological polar surface area (TPSA) is 59.9 Å². The van der Waals surface area contributed by atoms with Gasteiger partial charge in [-0.15, -0.1) is 0 Å². The van der Waals surface area contributed by atoms with Gasteiger partial charge in [-0.3, -0.25) is 4.79 Å². The molecule has 3 aromatic rings. The minimum Gasteiger partial charge on any atom is -0.493 e. The molecule has 0 aromatic heterocycles. The number of methoxy groups -OCH3 is 1. The van der Waals surface area contributed by atoms with Crippen molar-refractivity contribution >= 4 is 46.9 Å². The molecule has 5 nitrogen and oxygen atoms in total. The van der Waals surface area contributed by atoms with Crippen LogP contribution in [-0.2, 0) is 6.61 Å². The second-order valence-electron chi connectivity index (χ2n) is 6.62. The van der Waals surface area contributed by atoms with Crippen LogP contribution in [0.4, 0.5) is 0 Å². The number of nitrogens with zero attached hydrogens (tertiary/aromatic N) is 1. The smallest absolute Gasteiger partial charge is 0.272 e. The molecule has 31 heavy (non-hydrogen) atoms. The van der Waals surface area contributed by atoms with Crippen molar-refractivity contribution in [2.45, 2.75) is 13.5 Å². The van der Waals surface area contributed by atoms with Crippen LogP contribution in [0.2, 0.25) is 15.1 Å². The monoisotopic (exact) mass is 476 g/mol. The van der Waals surface area contributed by atoms with Gasteiger partial charge in [0.15, 0.2) is 11.5 Å². The second-order valence-corrected chi connectivity index (χ2v) is 7.87. The summed E-state index contributed by atoms with van der Waals surface area (Å²) in [6.45, 7) is 2.16. The Labute approximate surface area is 195 Å². The van der Waals surface area contributed by atoms with Gasteiger partial charge in [0.1, 0.15) is 6.61 Å². The van der Waals surface area contributed by atoms with Gasteiger partial charge in [-0.05, 0) is 60.5 Å². The molecular weight excluding hydrogens is 459 g/mol. The first kappa shape index (κ1) is 22.9. The number of hydrogen-bond donors (Lipinski definition) is 1.